The number of nitrogens with zero attached hydrogens (tertiary/aromatic N) is 1. The Morgan fingerprint density at radius 3 is 2.42 bits per heavy atom. The summed E-state index contributed by atoms with van der Waals surface area (Å²) in [4.78, 5) is 16.1. The molecule has 0 aliphatic carbocycles. The number of nitrogens with one attached hydrogen (secondary N) is 2. The molecule has 0 radical (unpaired) electrons. The third kappa shape index (κ3) is 6.34. The van der Waals surface area contributed by atoms with Gasteiger partial charge in [0.15, 0.2) is 0 Å². The Hall–Kier alpha value is -2.47. The van der Waals surface area contributed by atoms with Gasteiger partial charge in [0.25, 0.3) is 0 Å². The van der Waals surface area contributed by atoms with Crippen molar-refractivity contribution in [1.82, 2.24) is 15.8 Å². The van der Waals surface area contributed by atoms with Crippen molar-refractivity contribution in [3.8, 4) is 0 Å². The van der Waals surface area contributed by atoms with Gasteiger partial charge in [-0.1, -0.05) is 48.2 Å². The number of hydrogen-bond donors (Lipinski definition) is 2. The number of carbonyl (C=O) groups excluding carboxylic acids is 1. The van der Waals surface area contributed by atoms with Gasteiger partial charge in [-0.2, -0.15) is 0 Å². The summed E-state index contributed by atoms with van der Waals surface area (Å²) < 4.78 is 5.23. The van der Waals surface area contributed by atoms with E-state index in [2.05, 4.69) is 15.8 Å². The predicted molar refractivity (Wildman–Crippen MR) is 97.0 cm³/mol. The summed E-state index contributed by atoms with van der Waals surface area (Å²) in [5.74, 6) is 0. The largest absolute Gasteiger partial charge is 0.443 e. The van der Waals surface area contributed by atoms with Crippen molar-refractivity contribution in [1.29, 1.82) is 0 Å². The summed E-state index contributed by atoms with van der Waals surface area (Å²) in [5.41, 5.74) is 6.62. The molecule has 0 aliphatic heterocycles. The molecular weight excluding hydrogens is 322 g/mol. The van der Waals surface area contributed by atoms with Crippen LogP contribution < -0.4 is 10.9 Å². The van der Waals surface area contributed by atoms with Crippen LogP contribution in [0.2, 0.25) is 0 Å². The quantitative estimate of drug-likeness (QED) is 0.629. The Kier molecular flexibility index (Phi) is 6.26. The molecule has 0 saturated carbocycles. The maximum absolute atomic E-state index is 11.8. The number of hydrazine groups is 1. The van der Waals surface area contributed by atoms with E-state index in [0.29, 0.717) is 0 Å². The zero-order chi connectivity index (χ0) is 17.4. The number of amides is 1. The monoisotopic (exact) mass is 343 g/mol. The van der Waals surface area contributed by atoms with E-state index in [0.717, 1.165) is 16.3 Å². The van der Waals surface area contributed by atoms with E-state index in [1.165, 1.54) is 11.8 Å². The molecule has 6 heteroatoms. The van der Waals surface area contributed by atoms with E-state index in [1.807, 2.05) is 74.7 Å². The predicted octanol–water partition coefficient (Wildman–Crippen LogP) is 4.20. The number of thioether (sulfide) groups is 1. The second-order valence-electron chi connectivity index (χ2n) is 5.94. The van der Waals surface area contributed by atoms with E-state index < -0.39 is 11.7 Å². The second-order valence-corrected chi connectivity index (χ2v) is 6.82. The maximum Gasteiger partial charge on any atom is 0.426 e. The van der Waals surface area contributed by atoms with Gasteiger partial charge in [0.1, 0.15) is 10.6 Å². The summed E-state index contributed by atoms with van der Waals surface area (Å²) in [6, 6.07) is 15.4. The lowest BCUT2D eigenvalue weighted by molar-refractivity contribution is 0.0511. The van der Waals surface area contributed by atoms with Gasteiger partial charge < -0.3 is 4.74 Å². The third-order valence-corrected chi connectivity index (χ3v) is 3.55. The molecule has 0 saturated heterocycles. The molecule has 0 atom stereocenters. The van der Waals surface area contributed by atoms with Gasteiger partial charge in [0.05, 0.1) is 5.70 Å². The van der Waals surface area contributed by atoms with Crippen LogP contribution in [-0.4, -0.2) is 16.7 Å². The number of pyridine rings is 1. The summed E-state index contributed by atoms with van der Waals surface area (Å²) >= 11 is 1.46. The molecule has 0 fully saturated rings. The summed E-state index contributed by atoms with van der Waals surface area (Å²) in [6.07, 6.45) is 1.21. The standard InChI is InChI=1S/C18H21N3O2S/c1-18(2,3)23-17(22)21-20-15(14-9-5-4-6-10-14)13-24-16-11-7-8-12-19-16/h4-13,20H,1-3H3,(H,21,22)/b15-13+. The first-order valence-corrected chi connectivity index (χ1v) is 8.40. The summed E-state index contributed by atoms with van der Waals surface area (Å²) in [5, 5.41) is 2.76. The van der Waals surface area contributed by atoms with Crippen LogP contribution in [0.15, 0.2) is 65.2 Å². The lowest BCUT2D eigenvalue weighted by Gasteiger charge is -2.20. The minimum absolute atomic E-state index is 0.535. The van der Waals surface area contributed by atoms with Crippen molar-refractivity contribution in [3.05, 3.63) is 65.7 Å². The van der Waals surface area contributed by atoms with Crippen LogP contribution in [0.4, 0.5) is 4.79 Å². The van der Waals surface area contributed by atoms with E-state index in [4.69, 9.17) is 4.74 Å². The highest BCUT2D eigenvalue weighted by Gasteiger charge is 2.16. The number of benzene rings is 1. The molecule has 5 nitrogen and oxygen atoms in total. The number of aromatic nitrogens is 1. The Bertz CT molecular complexity index is 682. The first-order valence-electron chi connectivity index (χ1n) is 7.52. The Labute approximate surface area is 146 Å². The molecule has 2 N–H and O–H groups in total. The minimum atomic E-state index is -0.550. The fraction of sp³-hybridized carbons (Fsp3) is 0.222. The minimum Gasteiger partial charge on any atom is -0.443 e. The second kappa shape index (κ2) is 8.40. The average Bonchev–Trinajstić information content (AvgIpc) is 2.55. The van der Waals surface area contributed by atoms with Crippen molar-refractivity contribution in [2.75, 3.05) is 0 Å². The van der Waals surface area contributed by atoms with E-state index >= 15 is 0 Å². The van der Waals surface area contributed by atoms with Crippen molar-refractivity contribution in [2.45, 2.75) is 31.4 Å². The van der Waals surface area contributed by atoms with Gasteiger partial charge in [-0.3, -0.25) is 5.43 Å². The van der Waals surface area contributed by atoms with E-state index in [9.17, 15) is 4.79 Å². The van der Waals surface area contributed by atoms with Crippen molar-refractivity contribution in [2.24, 2.45) is 0 Å². The Balaban J connectivity index is 2.08. The first kappa shape index (κ1) is 17.9. The zero-order valence-electron chi connectivity index (χ0n) is 13.9. The number of ether oxygens (including phenoxy) is 1. The van der Waals surface area contributed by atoms with E-state index in [1.54, 1.807) is 6.20 Å². The molecule has 1 aromatic heterocycles. The molecule has 1 amide bonds. The number of carbonyl (C=O) groups is 1. The third-order valence-electron chi connectivity index (χ3n) is 2.72. The maximum atomic E-state index is 11.8. The smallest absolute Gasteiger partial charge is 0.426 e. The highest BCUT2D eigenvalue weighted by molar-refractivity contribution is 8.02. The topological polar surface area (TPSA) is 63.2 Å². The summed E-state index contributed by atoms with van der Waals surface area (Å²) in [6.45, 7) is 5.45. The Morgan fingerprint density at radius 1 is 1.08 bits per heavy atom. The molecule has 0 unspecified atom stereocenters. The van der Waals surface area contributed by atoms with Gasteiger partial charge in [0.2, 0.25) is 0 Å². The van der Waals surface area contributed by atoms with Crippen LogP contribution in [0.1, 0.15) is 26.3 Å². The molecule has 1 aromatic carbocycles. The highest BCUT2D eigenvalue weighted by atomic mass is 32.2. The Morgan fingerprint density at radius 2 is 1.79 bits per heavy atom. The van der Waals surface area contributed by atoms with Crippen LogP contribution in [0.25, 0.3) is 5.70 Å². The molecule has 126 valence electrons. The van der Waals surface area contributed by atoms with Gasteiger partial charge in [-0.05, 0) is 38.5 Å². The molecule has 2 rings (SSSR count). The van der Waals surface area contributed by atoms with Crippen molar-refractivity contribution < 1.29 is 9.53 Å². The number of rotatable bonds is 5. The molecule has 0 spiro atoms. The van der Waals surface area contributed by atoms with Crippen LogP contribution in [0.5, 0.6) is 0 Å². The molecule has 1 heterocycles. The van der Waals surface area contributed by atoms with E-state index in [-0.39, 0.29) is 0 Å². The first-order chi connectivity index (χ1) is 11.4. The van der Waals surface area contributed by atoms with Crippen LogP contribution in [-0.2, 0) is 4.74 Å². The van der Waals surface area contributed by atoms with Gasteiger partial charge in [-0.15, -0.1) is 0 Å². The van der Waals surface area contributed by atoms with Gasteiger partial charge in [0, 0.05) is 11.6 Å². The van der Waals surface area contributed by atoms with Crippen LogP contribution in [0.3, 0.4) is 0 Å². The molecule has 0 bridgehead atoms. The molecular formula is C18H21N3O2S. The molecule has 2 aromatic rings. The SMILES string of the molecule is CC(C)(C)OC(=O)NN/C(=C/Sc1ccccn1)c1ccccc1. The van der Waals surface area contributed by atoms with Crippen molar-refractivity contribution in [3.63, 3.8) is 0 Å². The lowest BCUT2D eigenvalue weighted by Crippen LogP contribution is -2.40. The van der Waals surface area contributed by atoms with Crippen LogP contribution >= 0.6 is 11.8 Å². The normalized spacial score (nSPS) is 11.7. The van der Waals surface area contributed by atoms with Crippen molar-refractivity contribution >= 4 is 23.6 Å². The lowest BCUT2D eigenvalue weighted by atomic mass is 10.2. The van der Waals surface area contributed by atoms with Crippen LogP contribution in [0, 0.1) is 0 Å². The van der Waals surface area contributed by atoms with Gasteiger partial charge in [-0.25, -0.2) is 15.2 Å². The fourth-order valence-electron chi connectivity index (χ4n) is 1.75. The number of hydrogen-bond acceptors (Lipinski definition) is 5. The zero-order valence-corrected chi connectivity index (χ0v) is 14.8. The molecule has 0 aliphatic rings. The van der Waals surface area contributed by atoms with Gasteiger partial charge >= 0.3 is 6.09 Å². The molecule has 24 heavy (non-hydrogen) atoms. The highest BCUT2D eigenvalue weighted by Crippen LogP contribution is 2.21. The summed E-state index contributed by atoms with van der Waals surface area (Å²) in [7, 11) is 0. The fourth-order valence-corrected chi connectivity index (χ4v) is 2.46. The average molecular weight is 343 g/mol.